The standard InChI is InChI=1S/C21H24N4O3/c22-10-13-2-1-3-16(9-13)23-11-14-4-5-17-15(8-14)12-25(21(17)28)18-6-7-19(26)24-20(18)27/h4-5,8,13,16,18,23H,1-3,6-7,9,11-12H2,(H,24,26,27)/t13-,16-,18?/m0/s1. The molecule has 0 spiro atoms. The van der Waals surface area contributed by atoms with Crippen molar-refractivity contribution in [3.63, 3.8) is 0 Å². The topological polar surface area (TPSA) is 102 Å². The Labute approximate surface area is 164 Å². The van der Waals surface area contributed by atoms with Gasteiger partial charge in [0.15, 0.2) is 0 Å². The van der Waals surface area contributed by atoms with Crippen LogP contribution in [0.1, 0.15) is 60.0 Å². The highest BCUT2D eigenvalue weighted by atomic mass is 16.2. The average molecular weight is 380 g/mol. The quantitative estimate of drug-likeness (QED) is 0.773. The van der Waals surface area contributed by atoms with Crippen LogP contribution >= 0.6 is 0 Å². The minimum Gasteiger partial charge on any atom is -0.322 e. The summed E-state index contributed by atoms with van der Waals surface area (Å²) in [5.41, 5.74) is 2.65. The number of carbonyl (C=O) groups excluding carboxylic acids is 3. The lowest BCUT2D eigenvalue weighted by molar-refractivity contribution is -0.136. The van der Waals surface area contributed by atoms with Gasteiger partial charge in [0.05, 0.1) is 6.07 Å². The molecule has 0 bridgehead atoms. The van der Waals surface area contributed by atoms with Crippen LogP contribution in [0.25, 0.3) is 0 Å². The van der Waals surface area contributed by atoms with Crippen molar-refractivity contribution in [2.75, 3.05) is 0 Å². The molecular formula is C21H24N4O3. The molecule has 2 fully saturated rings. The maximum atomic E-state index is 12.7. The zero-order valence-corrected chi connectivity index (χ0v) is 15.7. The molecular weight excluding hydrogens is 356 g/mol. The summed E-state index contributed by atoms with van der Waals surface area (Å²) in [6.45, 7) is 1.09. The molecule has 3 amide bonds. The Kier molecular flexibility index (Phi) is 5.14. The summed E-state index contributed by atoms with van der Waals surface area (Å²) in [4.78, 5) is 37.8. The van der Waals surface area contributed by atoms with Gasteiger partial charge in [0.1, 0.15) is 6.04 Å². The molecule has 2 aliphatic heterocycles. The fraction of sp³-hybridized carbons (Fsp3) is 0.524. The Morgan fingerprint density at radius 1 is 1.21 bits per heavy atom. The molecule has 0 aromatic heterocycles. The fourth-order valence-corrected chi connectivity index (χ4v) is 4.49. The van der Waals surface area contributed by atoms with E-state index in [2.05, 4.69) is 16.7 Å². The second-order valence-electron chi connectivity index (χ2n) is 7.96. The second kappa shape index (κ2) is 7.72. The van der Waals surface area contributed by atoms with Crippen LogP contribution in [0.2, 0.25) is 0 Å². The molecule has 7 heteroatoms. The maximum absolute atomic E-state index is 12.7. The summed E-state index contributed by atoms with van der Waals surface area (Å²) in [5, 5.41) is 15.0. The van der Waals surface area contributed by atoms with Gasteiger partial charge >= 0.3 is 0 Å². The third-order valence-electron chi connectivity index (χ3n) is 6.04. The molecule has 1 saturated heterocycles. The molecule has 1 aromatic carbocycles. The number of imide groups is 1. The second-order valence-corrected chi connectivity index (χ2v) is 7.96. The van der Waals surface area contributed by atoms with E-state index in [1.54, 1.807) is 4.90 Å². The largest absolute Gasteiger partial charge is 0.322 e. The number of nitriles is 1. The van der Waals surface area contributed by atoms with Gasteiger partial charge in [0.2, 0.25) is 11.8 Å². The Morgan fingerprint density at radius 3 is 2.86 bits per heavy atom. The van der Waals surface area contributed by atoms with Crippen LogP contribution in [0, 0.1) is 17.2 Å². The van der Waals surface area contributed by atoms with Crippen molar-refractivity contribution >= 4 is 17.7 Å². The summed E-state index contributed by atoms with van der Waals surface area (Å²) in [7, 11) is 0. The van der Waals surface area contributed by atoms with E-state index in [1.165, 1.54) is 0 Å². The number of benzene rings is 1. The van der Waals surface area contributed by atoms with Crippen molar-refractivity contribution in [2.24, 2.45) is 5.92 Å². The number of hydrogen-bond acceptors (Lipinski definition) is 5. The molecule has 1 aliphatic carbocycles. The van der Waals surface area contributed by atoms with Gasteiger partial charge in [-0.1, -0.05) is 18.6 Å². The number of fused-ring (bicyclic) bond motifs is 1. The molecule has 2 N–H and O–H groups in total. The summed E-state index contributed by atoms with van der Waals surface area (Å²) in [6.07, 6.45) is 4.69. The third kappa shape index (κ3) is 3.65. The normalized spacial score (nSPS) is 27.3. The van der Waals surface area contributed by atoms with Gasteiger partial charge in [-0.3, -0.25) is 19.7 Å². The molecule has 1 saturated carbocycles. The van der Waals surface area contributed by atoms with Crippen molar-refractivity contribution in [1.29, 1.82) is 5.26 Å². The molecule has 3 aliphatic rings. The highest BCUT2D eigenvalue weighted by Crippen LogP contribution is 2.29. The van der Waals surface area contributed by atoms with Crippen molar-refractivity contribution in [3.05, 3.63) is 34.9 Å². The van der Waals surface area contributed by atoms with Crippen LogP contribution in [0.3, 0.4) is 0 Å². The van der Waals surface area contributed by atoms with Crippen LogP contribution in [0.15, 0.2) is 18.2 Å². The van der Waals surface area contributed by atoms with Crippen LogP contribution in [0.4, 0.5) is 0 Å². The van der Waals surface area contributed by atoms with Crippen molar-refractivity contribution in [2.45, 2.75) is 63.7 Å². The third-order valence-corrected chi connectivity index (χ3v) is 6.04. The summed E-state index contributed by atoms with van der Waals surface area (Å²) in [5.74, 6) is -0.664. The SMILES string of the molecule is N#C[C@H]1CCC[C@H](NCc2ccc3c(c2)CN(C2CCC(=O)NC2=O)C3=O)C1. The molecule has 0 radical (unpaired) electrons. The molecule has 4 rings (SSSR count). The van der Waals surface area contributed by atoms with Crippen molar-refractivity contribution in [3.8, 4) is 6.07 Å². The lowest BCUT2D eigenvalue weighted by atomic mass is 9.86. The number of rotatable bonds is 4. The van der Waals surface area contributed by atoms with E-state index >= 15 is 0 Å². The zero-order valence-electron chi connectivity index (χ0n) is 15.7. The predicted octanol–water partition coefficient (Wildman–Crippen LogP) is 1.62. The summed E-state index contributed by atoms with van der Waals surface area (Å²) >= 11 is 0. The molecule has 28 heavy (non-hydrogen) atoms. The van der Waals surface area contributed by atoms with Crippen molar-refractivity contribution < 1.29 is 14.4 Å². The highest BCUT2D eigenvalue weighted by Gasteiger charge is 2.39. The first-order valence-electron chi connectivity index (χ1n) is 9.94. The molecule has 3 atom stereocenters. The summed E-state index contributed by atoms with van der Waals surface area (Å²) < 4.78 is 0. The first-order chi connectivity index (χ1) is 13.5. The summed E-state index contributed by atoms with van der Waals surface area (Å²) in [6, 6.07) is 7.96. The smallest absolute Gasteiger partial charge is 0.255 e. The van der Waals surface area contributed by atoms with E-state index < -0.39 is 6.04 Å². The van der Waals surface area contributed by atoms with Gasteiger partial charge < -0.3 is 10.2 Å². The zero-order chi connectivity index (χ0) is 19.7. The molecule has 1 aromatic rings. The molecule has 1 unspecified atom stereocenters. The van der Waals surface area contributed by atoms with Gasteiger partial charge in [0, 0.05) is 37.0 Å². The maximum Gasteiger partial charge on any atom is 0.255 e. The van der Waals surface area contributed by atoms with Crippen LogP contribution in [0.5, 0.6) is 0 Å². The first kappa shape index (κ1) is 18.6. The van der Waals surface area contributed by atoms with Gasteiger partial charge in [-0.15, -0.1) is 0 Å². The van der Waals surface area contributed by atoms with E-state index in [4.69, 9.17) is 5.26 Å². The van der Waals surface area contributed by atoms with E-state index in [1.807, 2.05) is 18.2 Å². The lowest BCUT2D eigenvalue weighted by Crippen LogP contribution is -2.52. The minimum atomic E-state index is -0.579. The monoisotopic (exact) mass is 380 g/mol. The van der Waals surface area contributed by atoms with Crippen LogP contribution in [-0.4, -0.2) is 34.7 Å². The number of nitrogens with zero attached hydrogens (tertiary/aromatic N) is 2. The average Bonchev–Trinajstić information content (AvgIpc) is 3.02. The van der Waals surface area contributed by atoms with E-state index in [0.29, 0.717) is 31.1 Å². The first-order valence-corrected chi connectivity index (χ1v) is 9.94. The van der Waals surface area contributed by atoms with E-state index in [9.17, 15) is 14.4 Å². The van der Waals surface area contributed by atoms with Gasteiger partial charge in [-0.05, 0) is 42.9 Å². The Morgan fingerprint density at radius 2 is 2.07 bits per heavy atom. The number of carbonyl (C=O) groups is 3. The minimum absolute atomic E-state index is 0.144. The number of amides is 3. The van der Waals surface area contributed by atoms with E-state index in [-0.39, 0.29) is 30.1 Å². The Hall–Kier alpha value is -2.72. The van der Waals surface area contributed by atoms with Gasteiger partial charge in [-0.25, -0.2) is 0 Å². The van der Waals surface area contributed by atoms with E-state index in [0.717, 1.165) is 36.8 Å². The van der Waals surface area contributed by atoms with Crippen LogP contribution in [-0.2, 0) is 22.7 Å². The highest BCUT2D eigenvalue weighted by molar-refractivity contribution is 6.05. The Balaban J connectivity index is 1.40. The Bertz CT molecular complexity index is 860. The molecule has 7 nitrogen and oxygen atoms in total. The fourth-order valence-electron chi connectivity index (χ4n) is 4.49. The lowest BCUT2D eigenvalue weighted by Gasteiger charge is -2.29. The molecule has 2 heterocycles. The van der Waals surface area contributed by atoms with Crippen molar-refractivity contribution in [1.82, 2.24) is 15.5 Å². The van der Waals surface area contributed by atoms with Crippen LogP contribution < -0.4 is 10.6 Å². The molecule has 146 valence electrons. The number of hydrogen-bond donors (Lipinski definition) is 2. The van der Waals surface area contributed by atoms with Gasteiger partial charge in [-0.2, -0.15) is 5.26 Å². The number of nitrogens with one attached hydrogen (secondary N) is 2. The number of piperidine rings is 1. The predicted molar refractivity (Wildman–Crippen MR) is 101 cm³/mol. The van der Waals surface area contributed by atoms with Gasteiger partial charge in [0.25, 0.3) is 5.91 Å².